The fourth-order valence-electron chi connectivity index (χ4n) is 3.68. The van der Waals surface area contributed by atoms with Crippen molar-refractivity contribution < 1.29 is 0 Å². The van der Waals surface area contributed by atoms with Gasteiger partial charge in [0.25, 0.3) is 0 Å². The number of aromatic amines is 1. The Hall–Kier alpha value is -1.19. The zero-order valence-electron chi connectivity index (χ0n) is 11.7. The van der Waals surface area contributed by atoms with Gasteiger partial charge in [0.05, 0.1) is 11.9 Å². The van der Waals surface area contributed by atoms with Crippen LogP contribution in [-0.4, -0.2) is 15.2 Å². The molecule has 0 aliphatic heterocycles. The molecule has 2 saturated carbocycles. The minimum absolute atomic E-state index is 0.0307. The van der Waals surface area contributed by atoms with Gasteiger partial charge in [0.1, 0.15) is 0 Å². The van der Waals surface area contributed by atoms with E-state index in [0.29, 0.717) is 0 Å². The maximum atomic E-state index is 11.4. The average Bonchev–Trinajstić information content (AvgIpc) is 3.14. The largest absolute Gasteiger partial charge is 0.361 e. The summed E-state index contributed by atoms with van der Waals surface area (Å²) in [7, 11) is 0. The summed E-state index contributed by atoms with van der Waals surface area (Å²) >= 11 is 0. The van der Waals surface area contributed by atoms with Crippen molar-refractivity contribution in [2.24, 2.45) is 11.8 Å². The molecular weight excluding hydrogens is 238 g/mol. The summed E-state index contributed by atoms with van der Waals surface area (Å²) in [5, 5.41) is 6.30. The summed E-state index contributed by atoms with van der Waals surface area (Å²) < 4.78 is 0. The lowest BCUT2D eigenvalue weighted by Crippen LogP contribution is -2.28. The predicted molar refractivity (Wildman–Crippen MR) is 73.9 cm³/mol. The van der Waals surface area contributed by atoms with E-state index in [2.05, 4.69) is 22.1 Å². The van der Waals surface area contributed by atoms with Crippen molar-refractivity contribution in [3.8, 4) is 0 Å². The summed E-state index contributed by atoms with van der Waals surface area (Å²) in [6.07, 6.45) is 12.1. The first kappa shape index (κ1) is 12.8. The molecule has 19 heavy (non-hydrogen) atoms. The predicted octanol–water partition coefficient (Wildman–Crippen LogP) is 2.80. The second-order valence-corrected chi connectivity index (χ2v) is 6.63. The molecule has 1 heterocycles. The van der Waals surface area contributed by atoms with Crippen molar-refractivity contribution in [1.29, 1.82) is 0 Å². The van der Waals surface area contributed by atoms with Gasteiger partial charge < -0.3 is 0 Å². The molecule has 2 aliphatic rings. The molecule has 3 rings (SSSR count). The van der Waals surface area contributed by atoms with Gasteiger partial charge in [-0.05, 0) is 31.1 Å². The molecule has 104 valence electrons. The van der Waals surface area contributed by atoms with Gasteiger partial charge >= 0.3 is 5.69 Å². The third-order valence-electron chi connectivity index (χ3n) is 5.11. The van der Waals surface area contributed by atoms with Crippen molar-refractivity contribution >= 4 is 0 Å². The number of nitrogens with zero attached hydrogens (tertiary/aromatic N) is 2. The Morgan fingerprint density at radius 3 is 2.74 bits per heavy atom. The third kappa shape index (κ3) is 2.88. The van der Waals surface area contributed by atoms with Crippen molar-refractivity contribution in [2.75, 3.05) is 0 Å². The highest BCUT2D eigenvalue weighted by molar-refractivity contribution is 5.10. The van der Waals surface area contributed by atoms with Crippen LogP contribution in [-0.2, 0) is 5.41 Å². The standard InChI is InChI=1S/C15H23N3O/c1-15(13-10-16-18-14(19)17-13)7-3-2-5-11-9-12(11)6-4-8-15/h10-12H,2-9H2,1H3,(H,17,18,19). The summed E-state index contributed by atoms with van der Waals surface area (Å²) in [4.78, 5) is 15.5. The Balaban J connectivity index is 1.77. The van der Waals surface area contributed by atoms with Crippen LogP contribution in [0.4, 0.5) is 0 Å². The zero-order valence-corrected chi connectivity index (χ0v) is 11.7. The fraction of sp³-hybridized carbons (Fsp3) is 0.800. The Morgan fingerprint density at radius 2 is 1.95 bits per heavy atom. The van der Waals surface area contributed by atoms with Gasteiger partial charge in [0.15, 0.2) is 0 Å². The number of H-pyrrole nitrogens is 1. The highest BCUT2D eigenvalue weighted by Crippen LogP contribution is 2.48. The van der Waals surface area contributed by atoms with Crippen molar-refractivity contribution in [1.82, 2.24) is 15.2 Å². The van der Waals surface area contributed by atoms with Crippen LogP contribution in [0, 0.1) is 11.8 Å². The number of fused-ring (bicyclic) bond motifs is 1. The topological polar surface area (TPSA) is 58.6 Å². The maximum Gasteiger partial charge on any atom is 0.361 e. The molecule has 0 saturated heterocycles. The summed E-state index contributed by atoms with van der Waals surface area (Å²) in [5.74, 6) is 2.02. The van der Waals surface area contributed by atoms with Gasteiger partial charge in [0.2, 0.25) is 0 Å². The Morgan fingerprint density at radius 1 is 1.21 bits per heavy atom. The van der Waals surface area contributed by atoms with Gasteiger partial charge in [-0.1, -0.05) is 39.0 Å². The lowest BCUT2D eigenvalue weighted by Gasteiger charge is -2.29. The molecule has 0 aromatic carbocycles. The van der Waals surface area contributed by atoms with Crippen molar-refractivity contribution in [2.45, 2.75) is 63.7 Å². The van der Waals surface area contributed by atoms with E-state index in [-0.39, 0.29) is 11.1 Å². The normalized spacial score (nSPS) is 35.4. The van der Waals surface area contributed by atoms with Gasteiger partial charge in [-0.15, -0.1) is 0 Å². The molecule has 0 spiro atoms. The summed E-state index contributed by atoms with van der Waals surface area (Å²) in [5.41, 5.74) is 0.588. The number of hydrogen-bond acceptors (Lipinski definition) is 3. The van der Waals surface area contributed by atoms with E-state index >= 15 is 0 Å². The molecule has 3 atom stereocenters. The van der Waals surface area contributed by atoms with Crippen LogP contribution in [0.2, 0.25) is 0 Å². The van der Waals surface area contributed by atoms with E-state index < -0.39 is 0 Å². The lowest BCUT2D eigenvalue weighted by atomic mass is 9.76. The molecule has 4 heteroatoms. The first-order valence-electron chi connectivity index (χ1n) is 7.60. The van der Waals surface area contributed by atoms with Crippen molar-refractivity contribution in [3.05, 3.63) is 22.4 Å². The fourth-order valence-corrected chi connectivity index (χ4v) is 3.68. The van der Waals surface area contributed by atoms with E-state index in [1.54, 1.807) is 6.20 Å². The van der Waals surface area contributed by atoms with Crippen molar-refractivity contribution in [3.63, 3.8) is 0 Å². The van der Waals surface area contributed by atoms with Crippen LogP contribution in [0.3, 0.4) is 0 Å². The minimum atomic E-state index is -0.321. The molecule has 1 aromatic heterocycles. The van der Waals surface area contributed by atoms with E-state index in [4.69, 9.17) is 0 Å². The number of nitrogens with one attached hydrogen (secondary N) is 1. The molecule has 1 N–H and O–H groups in total. The SMILES string of the molecule is CC1(c2cn[nH]c(=O)n2)CCCCC2CC2CCC1. The molecular formula is C15H23N3O. The molecule has 2 aliphatic carbocycles. The van der Waals surface area contributed by atoms with E-state index in [0.717, 1.165) is 30.4 Å². The molecule has 4 nitrogen and oxygen atoms in total. The molecule has 0 radical (unpaired) electrons. The van der Waals surface area contributed by atoms with Crippen LogP contribution in [0.5, 0.6) is 0 Å². The minimum Gasteiger partial charge on any atom is -0.244 e. The summed E-state index contributed by atoms with van der Waals surface area (Å²) in [6.45, 7) is 2.25. The molecule has 0 bridgehead atoms. The van der Waals surface area contributed by atoms with Crippen LogP contribution < -0.4 is 5.69 Å². The van der Waals surface area contributed by atoms with Gasteiger partial charge in [-0.3, -0.25) is 0 Å². The molecule has 2 fully saturated rings. The van der Waals surface area contributed by atoms with E-state index in [1.165, 1.54) is 38.5 Å². The monoisotopic (exact) mass is 261 g/mol. The van der Waals surface area contributed by atoms with Crippen LogP contribution in [0.25, 0.3) is 0 Å². The van der Waals surface area contributed by atoms with Gasteiger partial charge in [0, 0.05) is 5.41 Å². The van der Waals surface area contributed by atoms with Crippen LogP contribution >= 0.6 is 0 Å². The highest BCUT2D eigenvalue weighted by Gasteiger charge is 2.37. The van der Waals surface area contributed by atoms with Crippen LogP contribution in [0.15, 0.2) is 11.0 Å². The maximum absolute atomic E-state index is 11.4. The third-order valence-corrected chi connectivity index (χ3v) is 5.11. The lowest BCUT2D eigenvalue weighted by molar-refractivity contribution is 0.337. The first-order valence-corrected chi connectivity index (χ1v) is 7.60. The summed E-state index contributed by atoms with van der Waals surface area (Å²) in [6, 6.07) is 0. The van der Waals surface area contributed by atoms with Gasteiger partial charge in [-0.25, -0.2) is 9.89 Å². The zero-order chi connectivity index (χ0) is 13.3. The molecule has 0 amide bonds. The quantitative estimate of drug-likeness (QED) is 0.845. The Bertz CT molecular complexity index is 498. The second-order valence-electron chi connectivity index (χ2n) is 6.63. The number of hydrogen-bond donors (Lipinski definition) is 1. The van der Waals surface area contributed by atoms with E-state index in [9.17, 15) is 4.79 Å². The average molecular weight is 261 g/mol. The van der Waals surface area contributed by atoms with Crippen LogP contribution in [0.1, 0.15) is 64.0 Å². The van der Waals surface area contributed by atoms with E-state index in [1.807, 2.05) is 0 Å². The molecule has 1 aromatic rings. The first-order chi connectivity index (χ1) is 9.17. The molecule has 3 unspecified atom stereocenters. The number of rotatable bonds is 1. The second kappa shape index (κ2) is 5.06. The Labute approximate surface area is 114 Å². The Kier molecular flexibility index (Phi) is 3.42. The number of aromatic nitrogens is 3. The smallest absolute Gasteiger partial charge is 0.244 e. The highest BCUT2D eigenvalue weighted by atomic mass is 16.1. The van der Waals surface area contributed by atoms with Gasteiger partial charge in [-0.2, -0.15) is 10.1 Å².